The fraction of sp³-hybridized carbons (Fsp3) is 0.355. The van der Waals surface area contributed by atoms with Crippen LogP contribution in [-0.2, 0) is 9.47 Å². The first-order valence-electron chi connectivity index (χ1n) is 13.8. The topological polar surface area (TPSA) is 103 Å². The molecule has 0 atom stereocenters. The number of fused-ring (bicyclic) bond motifs is 1. The number of carbonyl (C=O) groups excluding carboxylic acids is 2. The van der Waals surface area contributed by atoms with Gasteiger partial charge in [-0.1, -0.05) is 0 Å². The summed E-state index contributed by atoms with van der Waals surface area (Å²) in [6.45, 7) is 8.79. The number of rotatable bonds is 7. The highest BCUT2D eigenvalue weighted by Gasteiger charge is 2.28. The highest BCUT2D eigenvalue weighted by Crippen LogP contribution is 2.41. The van der Waals surface area contributed by atoms with Crippen LogP contribution in [0.3, 0.4) is 0 Å². The van der Waals surface area contributed by atoms with E-state index in [-0.39, 0.29) is 35.7 Å². The van der Waals surface area contributed by atoms with Crippen molar-refractivity contribution in [2.24, 2.45) is 0 Å². The monoisotopic (exact) mass is 592 g/mol. The number of nitrogens with zero attached hydrogens (tertiary/aromatic N) is 3. The smallest absolute Gasteiger partial charge is 0.410 e. The molecule has 0 bridgehead atoms. The van der Waals surface area contributed by atoms with Crippen LogP contribution < -0.4 is 10.1 Å². The summed E-state index contributed by atoms with van der Waals surface area (Å²) in [7, 11) is 0. The number of aromatic nitrogens is 2. The van der Waals surface area contributed by atoms with Crippen LogP contribution in [0.1, 0.15) is 61.7 Å². The van der Waals surface area contributed by atoms with Crippen LogP contribution in [0.4, 0.5) is 20.7 Å². The Morgan fingerprint density at radius 2 is 1.86 bits per heavy atom. The maximum atomic E-state index is 15.2. The zero-order chi connectivity index (χ0) is 29.9. The molecule has 0 unspecified atom stereocenters. The van der Waals surface area contributed by atoms with Gasteiger partial charge in [0.05, 0.1) is 16.8 Å². The van der Waals surface area contributed by atoms with E-state index in [4.69, 9.17) is 14.2 Å². The summed E-state index contributed by atoms with van der Waals surface area (Å²) >= 11 is 1.58. The number of pyridine rings is 2. The van der Waals surface area contributed by atoms with Gasteiger partial charge in [-0.3, -0.25) is 4.98 Å². The molecule has 42 heavy (non-hydrogen) atoms. The maximum absolute atomic E-state index is 15.2. The quantitative estimate of drug-likeness (QED) is 0.218. The summed E-state index contributed by atoms with van der Waals surface area (Å²) in [6.07, 6.45) is 4.54. The van der Waals surface area contributed by atoms with Crippen LogP contribution in [0.25, 0.3) is 10.2 Å². The van der Waals surface area contributed by atoms with Gasteiger partial charge < -0.3 is 24.4 Å². The average molecular weight is 593 g/mol. The van der Waals surface area contributed by atoms with Gasteiger partial charge in [0.2, 0.25) is 0 Å². The van der Waals surface area contributed by atoms with E-state index in [1.54, 1.807) is 53.6 Å². The Balaban J connectivity index is 1.28. The molecule has 11 heteroatoms. The molecule has 0 aliphatic carbocycles. The molecule has 9 nitrogen and oxygen atoms in total. The summed E-state index contributed by atoms with van der Waals surface area (Å²) in [5, 5.41) is 2.99. The lowest BCUT2D eigenvalue weighted by Crippen LogP contribution is -2.41. The number of amides is 1. The first-order chi connectivity index (χ1) is 20.1. The summed E-state index contributed by atoms with van der Waals surface area (Å²) in [6, 6.07) is 11.5. The van der Waals surface area contributed by atoms with E-state index in [2.05, 4.69) is 21.4 Å². The Hall–Kier alpha value is -4.25. The van der Waals surface area contributed by atoms with Crippen molar-refractivity contribution in [2.75, 3.05) is 25.0 Å². The number of benzene rings is 1. The first-order valence-corrected chi connectivity index (χ1v) is 14.7. The molecule has 0 radical (unpaired) electrons. The van der Waals surface area contributed by atoms with Gasteiger partial charge in [0.25, 0.3) is 0 Å². The molecule has 1 aliphatic heterocycles. The second-order valence-corrected chi connectivity index (χ2v) is 12.0. The number of hydrogen-bond acceptors (Lipinski definition) is 9. The fourth-order valence-electron chi connectivity index (χ4n) is 4.68. The van der Waals surface area contributed by atoms with Crippen molar-refractivity contribution in [1.29, 1.82) is 0 Å². The minimum atomic E-state index is -0.579. The lowest BCUT2D eigenvalue weighted by atomic mass is 9.95. The first kappa shape index (κ1) is 29.2. The predicted molar refractivity (Wildman–Crippen MR) is 159 cm³/mol. The standard InChI is InChI=1S/C31H33FN4O5S/c1-5-39-29(37)21-7-6-13-34-28(21)35-20-8-9-24(22(32)17-20)40-25-10-14-33-23-18-26(42-27(23)25)19-11-15-36(16-12-19)30(38)41-31(2,3)4/h6-10,13-14,17-19H,5,11-12,15-16H2,1-4H3,(H,34,35). The Kier molecular flexibility index (Phi) is 8.58. The SMILES string of the molecule is CCOC(=O)c1cccnc1Nc1ccc(Oc2ccnc3cc(C4CCN(C(=O)OC(C)(C)C)CC4)sc23)c(F)c1. The van der Waals surface area contributed by atoms with Crippen molar-refractivity contribution in [3.63, 3.8) is 0 Å². The van der Waals surface area contributed by atoms with Gasteiger partial charge in [0, 0.05) is 48.2 Å². The molecule has 0 spiro atoms. The molecule has 1 amide bonds. The highest BCUT2D eigenvalue weighted by atomic mass is 32.1. The van der Waals surface area contributed by atoms with E-state index in [9.17, 15) is 9.59 Å². The number of nitrogens with one attached hydrogen (secondary N) is 1. The number of piperidine rings is 1. The molecule has 1 N–H and O–H groups in total. The van der Waals surface area contributed by atoms with E-state index in [1.807, 2.05) is 20.8 Å². The summed E-state index contributed by atoms with van der Waals surface area (Å²) in [5.41, 5.74) is 0.913. The van der Waals surface area contributed by atoms with Gasteiger partial charge in [-0.2, -0.15) is 0 Å². The Morgan fingerprint density at radius 3 is 2.57 bits per heavy atom. The van der Waals surface area contributed by atoms with Crippen LogP contribution in [0.5, 0.6) is 11.5 Å². The molecule has 5 rings (SSSR count). The summed E-state index contributed by atoms with van der Waals surface area (Å²) < 4.78 is 32.6. The number of likely N-dealkylation sites (tertiary alicyclic amines) is 1. The number of thiophene rings is 1. The number of esters is 1. The minimum absolute atomic E-state index is 0.0558. The van der Waals surface area contributed by atoms with Crippen molar-refractivity contribution >= 4 is 45.1 Å². The van der Waals surface area contributed by atoms with Crippen molar-refractivity contribution < 1.29 is 28.2 Å². The highest BCUT2D eigenvalue weighted by molar-refractivity contribution is 7.19. The van der Waals surface area contributed by atoms with Gasteiger partial charge >= 0.3 is 12.1 Å². The molecule has 220 valence electrons. The molecule has 3 aromatic heterocycles. The van der Waals surface area contributed by atoms with Gasteiger partial charge in [0.15, 0.2) is 11.6 Å². The zero-order valence-corrected chi connectivity index (χ0v) is 24.8. The third-order valence-corrected chi connectivity index (χ3v) is 7.96. The van der Waals surface area contributed by atoms with Gasteiger partial charge in [-0.05, 0) is 76.8 Å². The molecule has 1 saturated heterocycles. The van der Waals surface area contributed by atoms with E-state index < -0.39 is 17.4 Å². The number of hydrogen-bond donors (Lipinski definition) is 1. The van der Waals surface area contributed by atoms with Gasteiger partial charge in [-0.15, -0.1) is 11.3 Å². The molecule has 1 fully saturated rings. The molecular weight excluding hydrogens is 559 g/mol. The van der Waals surface area contributed by atoms with E-state index >= 15 is 4.39 Å². The maximum Gasteiger partial charge on any atom is 0.410 e. The molecule has 4 heterocycles. The van der Waals surface area contributed by atoms with E-state index in [0.29, 0.717) is 24.5 Å². The van der Waals surface area contributed by atoms with Gasteiger partial charge in [0.1, 0.15) is 22.7 Å². The zero-order valence-electron chi connectivity index (χ0n) is 24.0. The minimum Gasteiger partial charge on any atom is -0.462 e. The molecule has 0 saturated carbocycles. The van der Waals surface area contributed by atoms with Crippen molar-refractivity contribution in [3.05, 3.63) is 71.1 Å². The Bertz CT molecular complexity index is 1590. The third kappa shape index (κ3) is 6.79. The van der Waals surface area contributed by atoms with Crippen molar-refractivity contribution in [1.82, 2.24) is 14.9 Å². The van der Waals surface area contributed by atoms with E-state index in [1.165, 1.54) is 18.3 Å². The Morgan fingerprint density at radius 1 is 1.07 bits per heavy atom. The Labute approximate surface area is 247 Å². The largest absolute Gasteiger partial charge is 0.462 e. The average Bonchev–Trinajstić information content (AvgIpc) is 3.40. The van der Waals surface area contributed by atoms with Crippen LogP contribution in [0, 0.1) is 5.82 Å². The molecular formula is C31H33FN4O5S. The normalized spacial score (nSPS) is 14.1. The van der Waals surface area contributed by atoms with Crippen molar-refractivity contribution in [2.45, 2.75) is 52.1 Å². The molecule has 1 aromatic carbocycles. The van der Waals surface area contributed by atoms with Gasteiger partial charge in [-0.25, -0.2) is 19.0 Å². The second kappa shape index (κ2) is 12.3. The lowest BCUT2D eigenvalue weighted by Gasteiger charge is -2.33. The molecule has 1 aliphatic rings. The lowest BCUT2D eigenvalue weighted by molar-refractivity contribution is 0.0205. The number of anilines is 2. The van der Waals surface area contributed by atoms with Crippen molar-refractivity contribution in [3.8, 4) is 11.5 Å². The predicted octanol–water partition coefficient (Wildman–Crippen LogP) is 7.66. The van der Waals surface area contributed by atoms with E-state index in [0.717, 1.165) is 27.9 Å². The van der Waals surface area contributed by atoms with Crippen LogP contribution >= 0.6 is 11.3 Å². The number of ether oxygens (including phenoxy) is 3. The summed E-state index contributed by atoms with van der Waals surface area (Å²) in [5.74, 6) is 0.0209. The fourth-order valence-corrected chi connectivity index (χ4v) is 5.92. The van der Waals surface area contributed by atoms with Crippen LogP contribution in [0.15, 0.2) is 54.9 Å². The number of halogens is 1. The summed E-state index contributed by atoms with van der Waals surface area (Å²) in [4.78, 5) is 36.3. The second-order valence-electron chi connectivity index (χ2n) is 10.9. The van der Waals surface area contributed by atoms with Crippen LogP contribution in [0.2, 0.25) is 0 Å². The third-order valence-electron chi connectivity index (χ3n) is 6.66. The number of carbonyl (C=O) groups is 2. The van der Waals surface area contributed by atoms with Crippen LogP contribution in [-0.4, -0.2) is 52.2 Å². The molecule has 4 aromatic rings.